The van der Waals surface area contributed by atoms with E-state index in [9.17, 15) is 8.42 Å². The van der Waals surface area contributed by atoms with E-state index in [1.54, 1.807) is 12.1 Å². The molecule has 1 N–H and O–H groups in total. The molecule has 0 aliphatic carbocycles. The SMILES string of the molecule is CC(C)c1ccc(S(=O)(=O)Nc2nc3ccc(Br)cc3s2)cc1. The summed E-state index contributed by atoms with van der Waals surface area (Å²) in [4.78, 5) is 4.56. The van der Waals surface area contributed by atoms with Crippen molar-refractivity contribution in [2.75, 3.05) is 4.72 Å². The highest BCUT2D eigenvalue weighted by atomic mass is 79.9. The second kappa shape index (κ2) is 6.22. The minimum Gasteiger partial charge on any atom is -0.255 e. The van der Waals surface area contributed by atoms with Crippen molar-refractivity contribution in [1.82, 2.24) is 4.98 Å². The average molecular weight is 411 g/mol. The Morgan fingerprint density at radius 3 is 2.48 bits per heavy atom. The van der Waals surface area contributed by atoms with E-state index >= 15 is 0 Å². The zero-order valence-corrected chi connectivity index (χ0v) is 15.8. The fourth-order valence-corrected chi connectivity index (χ4v) is 4.80. The second-order valence-electron chi connectivity index (χ2n) is 5.46. The van der Waals surface area contributed by atoms with Gasteiger partial charge in [-0.2, -0.15) is 0 Å². The van der Waals surface area contributed by atoms with Crippen LogP contribution >= 0.6 is 27.3 Å². The monoisotopic (exact) mass is 410 g/mol. The summed E-state index contributed by atoms with van der Waals surface area (Å²) >= 11 is 4.71. The van der Waals surface area contributed by atoms with Crippen LogP contribution in [0.1, 0.15) is 25.3 Å². The van der Waals surface area contributed by atoms with E-state index in [1.165, 1.54) is 11.3 Å². The zero-order chi connectivity index (χ0) is 16.6. The third-order valence-corrected chi connectivity index (χ3v) is 6.34. The van der Waals surface area contributed by atoms with Crippen LogP contribution in [-0.4, -0.2) is 13.4 Å². The smallest absolute Gasteiger partial charge is 0.255 e. The predicted molar refractivity (Wildman–Crippen MR) is 98.7 cm³/mol. The molecule has 0 amide bonds. The highest BCUT2D eigenvalue weighted by Crippen LogP contribution is 2.30. The van der Waals surface area contributed by atoms with Gasteiger partial charge in [-0.1, -0.05) is 53.2 Å². The van der Waals surface area contributed by atoms with Crippen LogP contribution < -0.4 is 4.72 Å². The van der Waals surface area contributed by atoms with E-state index < -0.39 is 10.0 Å². The van der Waals surface area contributed by atoms with Crippen LogP contribution in [0, 0.1) is 0 Å². The number of fused-ring (bicyclic) bond motifs is 1. The summed E-state index contributed by atoms with van der Waals surface area (Å²) in [7, 11) is -3.63. The van der Waals surface area contributed by atoms with Crippen LogP contribution in [-0.2, 0) is 10.0 Å². The van der Waals surface area contributed by atoms with Gasteiger partial charge in [0.25, 0.3) is 10.0 Å². The van der Waals surface area contributed by atoms with Gasteiger partial charge >= 0.3 is 0 Å². The number of nitrogens with zero attached hydrogens (tertiary/aromatic N) is 1. The lowest BCUT2D eigenvalue weighted by atomic mass is 10.0. The molecular weight excluding hydrogens is 396 g/mol. The first-order valence-electron chi connectivity index (χ1n) is 7.04. The minimum absolute atomic E-state index is 0.238. The van der Waals surface area contributed by atoms with Crippen molar-refractivity contribution in [1.29, 1.82) is 0 Å². The first-order valence-corrected chi connectivity index (χ1v) is 10.1. The fourth-order valence-electron chi connectivity index (χ4n) is 2.15. The van der Waals surface area contributed by atoms with Gasteiger partial charge in [0.1, 0.15) is 0 Å². The summed E-state index contributed by atoms with van der Waals surface area (Å²) in [6.45, 7) is 4.14. The second-order valence-corrected chi connectivity index (χ2v) is 9.09. The molecule has 3 aromatic rings. The Kier molecular flexibility index (Phi) is 4.44. The molecule has 0 atom stereocenters. The number of rotatable bonds is 4. The first-order chi connectivity index (χ1) is 10.8. The summed E-state index contributed by atoms with van der Waals surface area (Å²) in [6.07, 6.45) is 0. The lowest BCUT2D eigenvalue weighted by Gasteiger charge is -2.08. The molecule has 7 heteroatoms. The lowest BCUT2D eigenvalue weighted by Crippen LogP contribution is -2.12. The van der Waals surface area contributed by atoms with Gasteiger partial charge in [0, 0.05) is 4.47 Å². The minimum atomic E-state index is -3.63. The number of nitrogens with one attached hydrogen (secondary N) is 1. The standard InChI is InChI=1S/C16H15BrN2O2S2/c1-10(2)11-3-6-13(7-4-11)23(20,21)19-16-18-14-8-5-12(17)9-15(14)22-16/h3-10H,1-2H3,(H,18,19). The predicted octanol–water partition coefficient (Wildman–Crippen LogP) is 4.98. The molecule has 0 saturated carbocycles. The number of aromatic nitrogens is 1. The molecule has 0 spiro atoms. The molecule has 0 unspecified atom stereocenters. The van der Waals surface area contributed by atoms with Gasteiger partial charge in [-0.25, -0.2) is 13.4 Å². The van der Waals surface area contributed by atoms with E-state index in [0.29, 0.717) is 11.0 Å². The number of halogens is 1. The quantitative estimate of drug-likeness (QED) is 0.659. The van der Waals surface area contributed by atoms with E-state index in [2.05, 4.69) is 39.5 Å². The molecular formula is C16H15BrN2O2S2. The highest BCUT2D eigenvalue weighted by molar-refractivity contribution is 9.10. The van der Waals surface area contributed by atoms with E-state index in [-0.39, 0.29) is 4.90 Å². The van der Waals surface area contributed by atoms with Crippen molar-refractivity contribution in [2.24, 2.45) is 0 Å². The Balaban J connectivity index is 1.89. The maximum Gasteiger partial charge on any atom is 0.263 e. The van der Waals surface area contributed by atoms with Crippen LogP contribution in [0.5, 0.6) is 0 Å². The van der Waals surface area contributed by atoms with Crippen LogP contribution in [0.25, 0.3) is 10.2 Å². The van der Waals surface area contributed by atoms with Crippen molar-refractivity contribution in [3.05, 3.63) is 52.5 Å². The van der Waals surface area contributed by atoms with Gasteiger partial charge in [0.05, 0.1) is 15.1 Å². The number of sulfonamides is 1. The molecule has 4 nitrogen and oxygen atoms in total. The Bertz CT molecular complexity index is 948. The van der Waals surface area contributed by atoms with E-state index in [0.717, 1.165) is 20.3 Å². The van der Waals surface area contributed by atoms with Gasteiger partial charge < -0.3 is 0 Å². The molecule has 0 fully saturated rings. The summed E-state index contributed by atoms with van der Waals surface area (Å²) < 4.78 is 29.4. The molecule has 2 aromatic carbocycles. The van der Waals surface area contributed by atoms with Crippen molar-refractivity contribution >= 4 is 52.6 Å². The summed E-state index contributed by atoms with van der Waals surface area (Å²) in [6, 6.07) is 12.6. The fraction of sp³-hybridized carbons (Fsp3) is 0.188. The van der Waals surface area contributed by atoms with Gasteiger partial charge in [-0.3, -0.25) is 4.72 Å². The van der Waals surface area contributed by atoms with Crippen LogP contribution in [0.4, 0.5) is 5.13 Å². The maximum atomic E-state index is 12.5. The number of hydrogen-bond donors (Lipinski definition) is 1. The third kappa shape index (κ3) is 3.57. The Hall–Kier alpha value is -1.44. The molecule has 23 heavy (non-hydrogen) atoms. The normalized spacial score (nSPS) is 12.0. The van der Waals surface area contributed by atoms with Gasteiger partial charge in [0.15, 0.2) is 5.13 Å². The Labute approximate surface area is 147 Å². The molecule has 3 rings (SSSR count). The Morgan fingerprint density at radius 2 is 1.83 bits per heavy atom. The maximum absolute atomic E-state index is 12.5. The molecule has 1 aromatic heterocycles. The van der Waals surface area contributed by atoms with Crippen LogP contribution in [0.3, 0.4) is 0 Å². The average Bonchev–Trinajstić information content (AvgIpc) is 2.87. The zero-order valence-electron chi connectivity index (χ0n) is 12.6. The highest BCUT2D eigenvalue weighted by Gasteiger charge is 2.17. The largest absolute Gasteiger partial charge is 0.263 e. The van der Waals surface area contributed by atoms with Gasteiger partial charge in [-0.15, -0.1) is 0 Å². The topological polar surface area (TPSA) is 59.1 Å². The molecule has 1 heterocycles. The number of anilines is 1. The molecule has 0 radical (unpaired) electrons. The molecule has 0 bridgehead atoms. The van der Waals surface area contributed by atoms with Crippen molar-refractivity contribution in [2.45, 2.75) is 24.7 Å². The molecule has 0 aliphatic heterocycles. The van der Waals surface area contributed by atoms with Crippen molar-refractivity contribution < 1.29 is 8.42 Å². The van der Waals surface area contributed by atoms with Crippen molar-refractivity contribution in [3.63, 3.8) is 0 Å². The summed E-state index contributed by atoms with van der Waals surface area (Å²) in [5, 5.41) is 0.367. The van der Waals surface area contributed by atoms with Crippen molar-refractivity contribution in [3.8, 4) is 0 Å². The summed E-state index contributed by atoms with van der Waals surface area (Å²) in [5.41, 5.74) is 1.87. The first kappa shape index (κ1) is 16.4. The van der Waals surface area contributed by atoms with Gasteiger partial charge in [0.2, 0.25) is 0 Å². The van der Waals surface area contributed by atoms with Crippen LogP contribution in [0.15, 0.2) is 51.8 Å². The van der Waals surface area contributed by atoms with Crippen LogP contribution in [0.2, 0.25) is 0 Å². The Morgan fingerprint density at radius 1 is 1.13 bits per heavy atom. The number of thiazole rings is 1. The number of benzene rings is 2. The molecule has 0 saturated heterocycles. The third-order valence-electron chi connectivity index (χ3n) is 3.43. The molecule has 120 valence electrons. The van der Waals surface area contributed by atoms with E-state index in [1.807, 2.05) is 30.3 Å². The lowest BCUT2D eigenvalue weighted by molar-refractivity contribution is 0.601. The molecule has 0 aliphatic rings. The van der Waals surface area contributed by atoms with Gasteiger partial charge in [-0.05, 0) is 41.8 Å². The summed E-state index contributed by atoms with van der Waals surface area (Å²) in [5.74, 6) is 0.363. The number of hydrogen-bond acceptors (Lipinski definition) is 4. The van der Waals surface area contributed by atoms with E-state index in [4.69, 9.17) is 0 Å².